The minimum Gasteiger partial charge on any atom is -0.506 e. The van der Waals surface area contributed by atoms with Crippen LogP contribution in [0.3, 0.4) is 0 Å². The van der Waals surface area contributed by atoms with Gasteiger partial charge in [0, 0.05) is 62.1 Å². The van der Waals surface area contributed by atoms with Crippen molar-refractivity contribution in [3.05, 3.63) is 77.8 Å². The number of nitrogens with zero attached hydrogens (tertiary/aromatic N) is 4. The standard InChI is InChI=1S/C40H53ClN6O6S2.2C2HF3O2/c1-4-46(16-13-42-12-7-30-5-6-33(48)35-36(30)55-39(51)44-35)34(49)9-19-52-18-8-28-21-29(23-31(41)22-28)24-45-14-10-40(11-15-45)26-47(17-20-53-40)38(50)32-25-54-37(43-32)27(2)3;2*3-2(4,5)1(6)7/h5-6,21-23,25,27,42,48H,4,7-20,24,26H2,1-3H3,(H,44,51);2*(H,6,7). The second kappa shape index (κ2) is 25.8. The highest BCUT2D eigenvalue weighted by atomic mass is 35.5. The summed E-state index contributed by atoms with van der Waals surface area (Å²) in [4.78, 5) is 69.0. The largest absolute Gasteiger partial charge is 0.506 e. The number of benzene rings is 2. The van der Waals surface area contributed by atoms with E-state index in [2.05, 4.69) is 40.1 Å². The summed E-state index contributed by atoms with van der Waals surface area (Å²) in [6.07, 6.45) is -6.71. The Hall–Kier alpha value is -4.85. The van der Waals surface area contributed by atoms with Gasteiger partial charge in [-0.15, -0.1) is 11.3 Å². The first-order chi connectivity index (χ1) is 32.4. The highest BCUT2D eigenvalue weighted by molar-refractivity contribution is 7.16. The van der Waals surface area contributed by atoms with Gasteiger partial charge in [-0.3, -0.25) is 19.3 Å². The number of aromatic nitrogens is 2. The number of nitrogens with one attached hydrogen (secondary N) is 2. The number of thiazole rings is 2. The second-order valence-corrected chi connectivity index (χ2v) is 18.7. The molecule has 4 aromatic rings. The van der Waals surface area contributed by atoms with E-state index in [-0.39, 0.29) is 28.0 Å². The summed E-state index contributed by atoms with van der Waals surface area (Å²) in [6.45, 7) is 13.9. The predicted molar refractivity (Wildman–Crippen MR) is 246 cm³/mol. The van der Waals surface area contributed by atoms with Gasteiger partial charge in [0.2, 0.25) is 5.91 Å². The third-order valence-corrected chi connectivity index (χ3v) is 13.3. The number of rotatable bonds is 17. The minimum absolute atomic E-state index is 0.00303. The van der Waals surface area contributed by atoms with Crippen molar-refractivity contribution in [1.29, 1.82) is 0 Å². The van der Waals surface area contributed by atoms with Crippen molar-refractivity contribution in [2.75, 3.05) is 72.2 Å². The van der Waals surface area contributed by atoms with Gasteiger partial charge in [-0.05, 0) is 74.0 Å². The maximum absolute atomic E-state index is 13.3. The van der Waals surface area contributed by atoms with Crippen molar-refractivity contribution in [3.63, 3.8) is 0 Å². The monoisotopic (exact) mass is 1040 g/mol. The number of amides is 2. The average molecular weight is 1040 g/mol. The third-order valence-electron chi connectivity index (χ3n) is 10.9. The van der Waals surface area contributed by atoms with E-state index < -0.39 is 24.3 Å². The van der Waals surface area contributed by atoms with E-state index in [1.54, 1.807) is 17.4 Å². The molecule has 2 fully saturated rings. The van der Waals surface area contributed by atoms with Crippen molar-refractivity contribution < 1.29 is 70.3 Å². The fraction of sp³-hybridized carbons (Fsp3) is 0.545. The number of aromatic amines is 1. The molecule has 0 saturated carbocycles. The number of H-pyrrole nitrogens is 1. The van der Waals surface area contributed by atoms with Gasteiger partial charge in [0.25, 0.3) is 5.91 Å². The molecule has 0 aliphatic carbocycles. The van der Waals surface area contributed by atoms with Gasteiger partial charge in [-0.1, -0.05) is 48.9 Å². The summed E-state index contributed by atoms with van der Waals surface area (Å²) >= 11 is 9.22. The van der Waals surface area contributed by atoms with E-state index in [1.807, 2.05) is 40.3 Å². The van der Waals surface area contributed by atoms with Crippen molar-refractivity contribution in [2.24, 2.45) is 0 Å². The van der Waals surface area contributed by atoms with Crippen molar-refractivity contribution >= 4 is 68.2 Å². The zero-order chi connectivity index (χ0) is 51.1. The molecule has 6 rings (SSSR count). The molecule has 2 aromatic carbocycles. The Labute approximate surface area is 406 Å². The molecule has 0 radical (unpaired) electrons. The van der Waals surface area contributed by atoms with E-state index in [9.17, 15) is 45.8 Å². The summed E-state index contributed by atoms with van der Waals surface area (Å²) in [5.41, 5.74) is 3.98. The molecule has 16 nitrogen and oxygen atoms in total. The number of carbonyl (C=O) groups is 4. The quantitative estimate of drug-likeness (QED) is 0.0537. The number of alkyl halides is 6. The number of likely N-dealkylation sites (N-methyl/N-ethyl adjacent to an activating group) is 1. The zero-order valence-corrected chi connectivity index (χ0v) is 40.4. The first-order valence-corrected chi connectivity index (χ1v) is 23.9. The van der Waals surface area contributed by atoms with E-state index in [0.29, 0.717) is 101 Å². The number of aliphatic carboxylic acids is 2. The first-order valence-electron chi connectivity index (χ1n) is 21.8. The Morgan fingerprint density at radius 2 is 1.64 bits per heavy atom. The van der Waals surface area contributed by atoms with Crippen molar-refractivity contribution in [3.8, 4) is 5.75 Å². The van der Waals surface area contributed by atoms with E-state index in [1.165, 1.54) is 0 Å². The molecule has 2 amide bonds. The second-order valence-electron chi connectivity index (χ2n) is 16.4. The molecule has 5 N–H and O–H groups in total. The molecule has 25 heteroatoms. The predicted octanol–water partition coefficient (Wildman–Crippen LogP) is 6.93. The van der Waals surface area contributed by atoms with Crippen molar-refractivity contribution in [1.82, 2.24) is 30.0 Å². The summed E-state index contributed by atoms with van der Waals surface area (Å²) < 4.78 is 76.5. The van der Waals surface area contributed by atoms with Crippen LogP contribution in [-0.4, -0.2) is 154 Å². The van der Waals surface area contributed by atoms with Gasteiger partial charge in [0.1, 0.15) is 17.0 Å². The number of carboxylic acids is 2. The lowest BCUT2D eigenvalue weighted by atomic mass is 9.89. The molecule has 2 aromatic heterocycles. The first kappa shape index (κ1) is 56.7. The molecule has 2 aliphatic heterocycles. The number of fused-ring (bicyclic) bond motifs is 1. The summed E-state index contributed by atoms with van der Waals surface area (Å²) in [7, 11) is 0. The van der Waals surface area contributed by atoms with Crippen LogP contribution in [0.4, 0.5) is 26.3 Å². The molecule has 382 valence electrons. The van der Waals surface area contributed by atoms with Gasteiger partial charge >= 0.3 is 29.2 Å². The normalized spacial score (nSPS) is 15.1. The Morgan fingerprint density at radius 3 is 2.25 bits per heavy atom. The summed E-state index contributed by atoms with van der Waals surface area (Å²) in [5.74, 6) is -5.06. The molecule has 0 atom stereocenters. The molecule has 2 saturated heterocycles. The Kier molecular flexibility index (Phi) is 21.3. The smallest absolute Gasteiger partial charge is 0.490 e. The number of carboxylic acid groups (broad SMARTS) is 2. The lowest BCUT2D eigenvalue weighted by Crippen LogP contribution is -2.58. The fourth-order valence-electron chi connectivity index (χ4n) is 7.36. The fourth-order valence-corrected chi connectivity index (χ4v) is 9.35. The van der Waals surface area contributed by atoms with Crippen LogP contribution in [0.2, 0.25) is 5.02 Å². The van der Waals surface area contributed by atoms with Gasteiger partial charge in [0.15, 0.2) is 0 Å². The van der Waals surface area contributed by atoms with Gasteiger partial charge in [-0.2, -0.15) is 26.3 Å². The molecule has 1 spiro atoms. The number of likely N-dealkylation sites (tertiary alicyclic amines) is 1. The number of hydrogen-bond acceptors (Lipinski definition) is 13. The van der Waals surface area contributed by atoms with Crippen molar-refractivity contribution in [2.45, 2.75) is 83.3 Å². The van der Waals surface area contributed by atoms with Gasteiger partial charge < -0.3 is 44.9 Å². The Morgan fingerprint density at radius 1 is 0.986 bits per heavy atom. The topological polar surface area (TPSA) is 215 Å². The number of morpholine rings is 1. The highest BCUT2D eigenvalue weighted by Gasteiger charge is 2.42. The number of ether oxygens (including phenoxy) is 2. The Balaban J connectivity index is 0.000000645. The lowest BCUT2D eigenvalue weighted by molar-refractivity contribution is -0.193. The minimum atomic E-state index is -5.08. The molecule has 0 unspecified atom stereocenters. The van der Waals surface area contributed by atoms with Crippen LogP contribution in [0, 0.1) is 0 Å². The van der Waals surface area contributed by atoms with Crippen LogP contribution < -0.4 is 10.2 Å². The highest BCUT2D eigenvalue weighted by Crippen LogP contribution is 2.33. The number of phenolic OH excluding ortho intramolecular Hbond substituents is 1. The van der Waals surface area contributed by atoms with Crippen LogP contribution in [0.15, 0.2) is 40.5 Å². The molecule has 0 bridgehead atoms. The summed E-state index contributed by atoms with van der Waals surface area (Å²) in [6, 6.07) is 9.65. The third kappa shape index (κ3) is 17.8. The molecule has 4 heterocycles. The molecular weight excluding hydrogens is 986 g/mol. The number of hydrogen-bond donors (Lipinski definition) is 5. The van der Waals surface area contributed by atoms with Crippen LogP contribution in [0.5, 0.6) is 5.75 Å². The summed E-state index contributed by atoms with van der Waals surface area (Å²) in [5, 5.41) is 31.2. The average Bonchev–Trinajstić information content (AvgIpc) is 3.94. The molecular formula is C44H55ClF6N6O10S2. The number of carbonyl (C=O) groups excluding carboxylic acids is 2. The number of piperidine rings is 1. The van der Waals surface area contributed by atoms with Crippen LogP contribution in [0.1, 0.15) is 78.1 Å². The SMILES string of the molecule is CCN(CCNCCc1ccc(O)c2[nH]c(=O)sc12)C(=O)CCOCCc1cc(Cl)cc(CN2CCC3(CC2)CN(C(=O)c2csc(C(C)C)n2)CCO3)c1.O=C(O)C(F)(F)F.O=C(O)C(F)(F)F. The number of aromatic hydroxyl groups is 1. The maximum atomic E-state index is 13.3. The zero-order valence-electron chi connectivity index (χ0n) is 38.0. The number of halogens is 7. The van der Waals surface area contributed by atoms with Crippen LogP contribution in [-0.2, 0) is 43.2 Å². The number of phenols is 1. The van der Waals surface area contributed by atoms with Crippen LogP contribution >= 0.6 is 34.3 Å². The lowest BCUT2D eigenvalue weighted by Gasteiger charge is -2.47. The van der Waals surface area contributed by atoms with E-state index in [4.69, 9.17) is 40.9 Å². The van der Waals surface area contributed by atoms with Gasteiger partial charge in [-0.25, -0.2) is 14.6 Å². The van der Waals surface area contributed by atoms with Crippen LogP contribution in [0.25, 0.3) is 10.2 Å². The maximum Gasteiger partial charge on any atom is 0.490 e. The van der Waals surface area contributed by atoms with E-state index >= 15 is 0 Å². The molecule has 2 aliphatic rings. The van der Waals surface area contributed by atoms with E-state index in [0.717, 1.165) is 70.2 Å². The Bertz CT molecular complexity index is 2380. The van der Waals surface area contributed by atoms with Gasteiger partial charge in [0.05, 0.1) is 48.1 Å². The molecule has 69 heavy (non-hydrogen) atoms.